The second-order valence-corrected chi connectivity index (χ2v) is 6.61. The predicted octanol–water partition coefficient (Wildman–Crippen LogP) is 2.62. The van der Waals surface area contributed by atoms with Crippen LogP contribution in [-0.4, -0.2) is 54.4 Å². The largest absolute Gasteiger partial charge is 0.495 e. The van der Waals surface area contributed by atoms with E-state index in [0.717, 1.165) is 37.4 Å². The summed E-state index contributed by atoms with van der Waals surface area (Å²) in [7, 11) is 1.58. The standard InChI is InChI=1S/C17H20ClN5O3/c1-24-14-3-2-12(10-13(14)18)20-16-21-15(11-19-22-16)23-6-4-17(5-7-23)25-8-9-26-17/h2-3,10-11H,4-9H2,1H3,(H,20,21,22). The molecule has 2 aliphatic heterocycles. The van der Waals surface area contributed by atoms with Gasteiger partial charge in [0.15, 0.2) is 11.6 Å². The van der Waals surface area contributed by atoms with Crippen molar-refractivity contribution in [1.82, 2.24) is 15.2 Å². The Morgan fingerprint density at radius 2 is 2.00 bits per heavy atom. The first-order valence-electron chi connectivity index (χ1n) is 8.51. The van der Waals surface area contributed by atoms with E-state index in [-0.39, 0.29) is 0 Å². The SMILES string of the molecule is COc1ccc(Nc2nncc(N3CCC4(CC3)OCCO4)n2)cc1Cl. The molecular weight excluding hydrogens is 358 g/mol. The minimum absolute atomic E-state index is 0.405. The number of anilines is 3. The number of hydrogen-bond acceptors (Lipinski definition) is 8. The summed E-state index contributed by atoms with van der Waals surface area (Å²) in [5.41, 5.74) is 0.764. The Bertz CT molecular complexity index is 775. The normalized spacial score (nSPS) is 18.9. The number of methoxy groups -OCH3 is 1. The van der Waals surface area contributed by atoms with Crippen LogP contribution in [0.3, 0.4) is 0 Å². The van der Waals surface area contributed by atoms with Crippen molar-refractivity contribution in [3.63, 3.8) is 0 Å². The molecule has 0 unspecified atom stereocenters. The number of ether oxygens (including phenoxy) is 3. The van der Waals surface area contributed by atoms with Crippen LogP contribution in [0.5, 0.6) is 5.75 Å². The molecular formula is C17H20ClN5O3. The van der Waals surface area contributed by atoms with E-state index < -0.39 is 5.79 Å². The highest BCUT2D eigenvalue weighted by Gasteiger charge is 2.40. The zero-order valence-corrected chi connectivity index (χ0v) is 15.2. The third kappa shape index (κ3) is 3.53. The molecule has 26 heavy (non-hydrogen) atoms. The fraction of sp³-hybridized carbons (Fsp3) is 0.471. The van der Waals surface area contributed by atoms with Crippen molar-refractivity contribution < 1.29 is 14.2 Å². The molecule has 1 aromatic heterocycles. The fourth-order valence-electron chi connectivity index (χ4n) is 3.24. The highest BCUT2D eigenvalue weighted by atomic mass is 35.5. The van der Waals surface area contributed by atoms with Gasteiger partial charge in [-0.25, -0.2) is 0 Å². The lowest BCUT2D eigenvalue weighted by Crippen LogP contribution is -2.45. The number of rotatable bonds is 4. The maximum absolute atomic E-state index is 6.15. The Balaban J connectivity index is 1.44. The molecule has 0 radical (unpaired) electrons. The van der Waals surface area contributed by atoms with Crippen LogP contribution >= 0.6 is 11.6 Å². The van der Waals surface area contributed by atoms with Gasteiger partial charge in [0.2, 0.25) is 5.95 Å². The molecule has 1 N–H and O–H groups in total. The molecule has 0 amide bonds. The van der Waals surface area contributed by atoms with Crippen LogP contribution in [0.15, 0.2) is 24.4 Å². The van der Waals surface area contributed by atoms with Gasteiger partial charge in [0.05, 0.1) is 31.5 Å². The summed E-state index contributed by atoms with van der Waals surface area (Å²) in [6, 6.07) is 5.39. The molecule has 4 rings (SSSR count). The molecule has 2 saturated heterocycles. The van der Waals surface area contributed by atoms with Crippen molar-refractivity contribution in [2.75, 3.05) is 43.6 Å². The summed E-state index contributed by atoms with van der Waals surface area (Å²) in [6.07, 6.45) is 3.29. The van der Waals surface area contributed by atoms with Crippen molar-refractivity contribution in [1.29, 1.82) is 0 Å². The summed E-state index contributed by atoms with van der Waals surface area (Å²) in [6.45, 7) is 2.94. The first kappa shape index (κ1) is 17.3. The molecule has 3 heterocycles. The van der Waals surface area contributed by atoms with E-state index in [1.54, 1.807) is 25.4 Å². The van der Waals surface area contributed by atoms with Crippen LogP contribution in [0.4, 0.5) is 17.5 Å². The first-order valence-corrected chi connectivity index (χ1v) is 8.88. The van der Waals surface area contributed by atoms with Gasteiger partial charge in [-0.1, -0.05) is 11.6 Å². The predicted molar refractivity (Wildman–Crippen MR) is 97.2 cm³/mol. The molecule has 1 aromatic carbocycles. The summed E-state index contributed by atoms with van der Waals surface area (Å²) in [4.78, 5) is 6.73. The molecule has 9 heteroatoms. The summed E-state index contributed by atoms with van der Waals surface area (Å²) in [5, 5.41) is 11.8. The lowest BCUT2D eigenvalue weighted by Gasteiger charge is -2.37. The van der Waals surface area contributed by atoms with E-state index in [1.165, 1.54) is 0 Å². The van der Waals surface area contributed by atoms with E-state index in [1.807, 2.05) is 6.07 Å². The Kier molecular flexibility index (Phi) is 4.80. The number of piperidine rings is 1. The van der Waals surface area contributed by atoms with Crippen LogP contribution in [0.2, 0.25) is 5.02 Å². The van der Waals surface area contributed by atoms with Crippen LogP contribution in [0.1, 0.15) is 12.8 Å². The maximum atomic E-state index is 6.15. The van der Waals surface area contributed by atoms with E-state index in [0.29, 0.717) is 29.9 Å². The number of hydrogen-bond donors (Lipinski definition) is 1. The van der Waals surface area contributed by atoms with Crippen molar-refractivity contribution >= 4 is 29.1 Å². The van der Waals surface area contributed by atoms with E-state index in [9.17, 15) is 0 Å². The average Bonchev–Trinajstić information content (AvgIpc) is 3.11. The summed E-state index contributed by atoms with van der Waals surface area (Å²) < 4.78 is 16.7. The van der Waals surface area contributed by atoms with Crippen LogP contribution in [0, 0.1) is 0 Å². The van der Waals surface area contributed by atoms with E-state index in [2.05, 4.69) is 25.4 Å². The van der Waals surface area contributed by atoms with Gasteiger partial charge in [-0.2, -0.15) is 10.1 Å². The molecule has 2 fully saturated rings. The molecule has 8 nitrogen and oxygen atoms in total. The lowest BCUT2D eigenvalue weighted by molar-refractivity contribution is -0.169. The first-order chi connectivity index (χ1) is 12.7. The topological polar surface area (TPSA) is 81.6 Å². The van der Waals surface area contributed by atoms with Gasteiger partial charge >= 0.3 is 0 Å². The smallest absolute Gasteiger partial charge is 0.249 e. The third-order valence-corrected chi connectivity index (χ3v) is 4.91. The molecule has 1 spiro atoms. The zero-order chi connectivity index (χ0) is 18.0. The highest BCUT2D eigenvalue weighted by Crippen LogP contribution is 2.33. The Hall–Kier alpha value is -2.16. The average molecular weight is 378 g/mol. The summed E-state index contributed by atoms with van der Waals surface area (Å²) in [5.74, 6) is 1.40. The van der Waals surface area contributed by atoms with Gasteiger partial charge in [0, 0.05) is 31.6 Å². The molecule has 0 saturated carbocycles. The number of benzene rings is 1. The fourth-order valence-corrected chi connectivity index (χ4v) is 3.49. The molecule has 2 aromatic rings. The van der Waals surface area contributed by atoms with E-state index in [4.69, 9.17) is 25.8 Å². The van der Waals surface area contributed by atoms with Gasteiger partial charge in [0.1, 0.15) is 5.75 Å². The Labute approximate surface area is 156 Å². The molecule has 0 aliphatic carbocycles. The second kappa shape index (κ2) is 7.22. The van der Waals surface area contributed by atoms with E-state index >= 15 is 0 Å². The highest BCUT2D eigenvalue weighted by molar-refractivity contribution is 6.32. The molecule has 0 atom stereocenters. The Morgan fingerprint density at radius 3 is 2.69 bits per heavy atom. The maximum Gasteiger partial charge on any atom is 0.249 e. The number of aromatic nitrogens is 3. The quantitative estimate of drug-likeness (QED) is 0.870. The van der Waals surface area contributed by atoms with Crippen LogP contribution in [0.25, 0.3) is 0 Å². The van der Waals surface area contributed by atoms with Gasteiger partial charge in [0.25, 0.3) is 0 Å². The monoisotopic (exact) mass is 377 g/mol. The zero-order valence-electron chi connectivity index (χ0n) is 14.4. The number of nitrogens with one attached hydrogen (secondary N) is 1. The second-order valence-electron chi connectivity index (χ2n) is 6.21. The minimum Gasteiger partial charge on any atom is -0.495 e. The van der Waals surface area contributed by atoms with Crippen LogP contribution in [-0.2, 0) is 9.47 Å². The molecule has 0 bridgehead atoms. The van der Waals surface area contributed by atoms with Gasteiger partial charge in [-0.3, -0.25) is 0 Å². The number of nitrogens with zero attached hydrogens (tertiary/aromatic N) is 4. The van der Waals surface area contributed by atoms with Crippen LogP contribution < -0.4 is 15.0 Å². The molecule has 138 valence electrons. The minimum atomic E-state index is -0.405. The third-order valence-electron chi connectivity index (χ3n) is 4.62. The van der Waals surface area contributed by atoms with Crippen molar-refractivity contribution in [2.45, 2.75) is 18.6 Å². The van der Waals surface area contributed by atoms with Gasteiger partial charge in [-0.05, 0) is 18.2 Å². The Morgan fingerprint density at radius 1 is 1.23 bits per heavy atom. The molecule has 2 aliphatic rings. The van der Waals surface area contributed by atoms with Crippen molar-refractivity contribution in [2.24, 2.45) is 0 Å². The van der Waals surface area contributed by atoms with Crippen molar-refractivity contribution in [3.8, 4) is 5.75 Å². The lowest BCUT2D eigenvalue weighted by atomic mass is 10.0. The van der Waals surface area contributed by atoms with Crippen molar-refractivity contribution in [3.05, 3.63) is 29.4 Å². The van der Waals surface area contributed by atoms with Gasteiger partial charge in [-0.15, -0.1) is 5.10 Å². The van der Waals surface area contributed by atoms with Gasteiger partial charge < -0.3 is 24.4 Å². The summed E-state index contributed by atoms with van der Waals surface area (Å²) >= 11 is 6.15. The number of halogens is 1.